The highest BCUT2D eigenvalue weighted by Gasteiger charge is 2.16. The van der Waals surface area contributed by atoms with Gasteiger partial charge in [0.2, 0.25) is 6.01 Å². The summed E-state index contributed by atoms with van der Waals surface area (Å²) in [5.74, 6) is 0.882. The lowest BCUT2D eigenvalue weighted by Gasteiger charge is -2.02. The number of fused-ring (bicyclic) bond motifs is 1. The summed E-state index contributed by atoms with van der Waals surface area (Å²) < 4.78 is 3.43. The van der Waals surface area contributed by atoms with Crippen molar-refractivity contribution in [3.8, 4) is 6.01 Å². The van der Waals surface area contributed by atoms with E-state index < -0.39 is 0 Å². The van der Waals surface area contributed by atoms with Crippen LogP contribution in [0.1, 0.15) is 11.3 Å². The largest absolute Gasteiger partial charge is 0.818 e. The third kappa shape index (κ3) is 3.03. The molecule has 3 rings (SSSR count). The standard InChI is InChI=1S/C15H15ClN4OS/c1-22-8-7-19-14-4-2-3-12(20(14)18-15(19)21)9-11-5-6-13(16)17-10-11/h2-6,10H,7-9H2,1H3. The summed E-state index contributed by atoms with van der Waals surface area (Å²) in [6, 6.07) is 9.31. The van der Waals surface area contributed by atoms with Crippen molar-refractivity contribution in [2.24, 2.45) is 0 Å². The molecule has 3 heterocycles. The van der Waals surface area contributed by atoms with Crippen LogP contribution in [0.25, 0.3) is 5.65 Å². The van der Waals surface area contributed by atoms with E-state index in [9.17, 15) is 5.11 Å². The number of nitrogens with zero attached hydrogens (tertiary/aromatic N) is 4. The van der Waals surface area contributed by atoms with E-state index in [-0.39, 0.29) is 6.01 Å². The van der Waals surface area contributed by atoms with Crippen LogP contribution in [-0.4, -0.2) is 26.6 Å². The summed E-state index contributed by atoms with van der Waals surface area (Å²) >= 11 is 7.51. The third-order valence-electron chi connectivity index (χ3n) is 3.41. The van der Waals surface area contributed by atoms with Gasteiger partial charge in [-0.25, -0.2) is 9.55 Å². The number of hydrogen-bond acceptors (Lipinski definition) is 4. The fourth-order valence-electron chi connectivity index (χ4n) is 2.34. The number of halogens is 1. The van der Waals surface area contributed by atoms with Crippen LogP contribution < -0.4 is 9.67 Å². The number of rotatable bonds is 5. The normalized spacial score (nSPS) is 11.2. The highest BCUT2D eigenvalue weighted by molar-refractivity contribution is 7.98. The maximum Gasteiger partial charge on any atom is 0.265 e. The first-order valence-corrected chi connectivity index (χ1v) is 8.63. The molecule has 7 heteroatoms. The molecule has 0 spiro atoms. The molecular formula is C15H15ClN4OS. The van der Waals surface area contributed by atoms with Crippen molar-refractivity contribution in [2.45, 2.75) is 13.0 Å². The van der Waals surface area contributed by atoms with Gasteiger partial charge in [-0.15, -0.1) is 0 Å². The molecule has 0 bridgehead atoms. The Morgan fingerprint density at radius 3 is 2.91 bits per heavy atom. The van der Waals surface area contributed by atoms with Gasteiger partial charge < -0.3 is 5.11 Å². The van der Waals surface area contributed by atoms with Gasteiger partial charge in [0.1, 0.15) is 10.8 Å². The van der Waals surface area contributed by atoms with E-state index in [2.05, 4.69) is 10.1 Å². The molecular weight excluding hydrogens is 320 g/mol. The van der Waals surface area contributed by atoms with E-state index >= 15 is 0 Å². The van der Waals surface area contributed by atoms with Crippen LogP contribution >= 0.6 is 23.4 Å². The monoisotopic (exact) mass is 334 g/mol. The van der Waals surface area contributed by atoms with Crippen molar-refractivity contribution >= 4 is 29.0 Å². The van der Waals surface area contributed by atoms with Gasteiger partial charge in [0.05, 0.1) is 6.54 Å². The third-order valence-corrected chi connectivity index (χ3v) is 4.22. The molecule has 3 aromatic heterocycles. The maximum atomic E-state index is 12.1. The van der Waals surface area contributed by atoms with E-state index in [0.717, 1.165) is 22.7 Å². The molecule has 0 aliphatic rings. The molecule has 0 N–H and O–H groups in total. The lowest BCUT2D eigenvalue weighted by atomic mass is 10.1. The molecule has 0 fully saturated rings. The molecule has 0 saturated carbocycles. The minimum absolute atomic E-state index is 0.212. The van der Waals surface area contributed by atoms with E-state index in [1.807, 2.05) is 30.5 Å². The predicted octanol–water partition coefficient (Wildman–Crippen LogP) is 1.70. The van der Waals surface area contributed by atoms with Crippen molar-refractivity contribution in [1.29, 1.82) is 0 Å². The molecule has 3 aromatic rings. The average molecular weight is 335 g/mol. The fourth-order valence-corrected chi connectivity index (χ4v) is 2.81. The summed E-state index contributed by atoms with van der Waals surface area (Å²) in [5, 5.41) is 16.7. The number of aromatic nitrogens is 4. The topological polar surface area (TPSA) is 57.1 Å². The lowest BCUT2D eigenvalue weighted by Crippen LogP contribution is -2.37. The Morgan fingerprint density at radius 2 is 2.18 bits per heavy atom. The summed E-state index contributed by atoms with van der Waals surface area (Å²) in [4.78, 5) is 4.08. The fraction of sp³-hybridized carbons (Fsp3) is 0.267. The summed E-state index contributed by atoms with van der Waals surface area (Å²) in [7, 11) is 0. The van der Waals surface area contributed by atoms with Gasteiger partial charge in [0.25, 0.3) is 5.65 Å². The second-order valence-electron chi connectivity index (χ2n) is 4.88. The predicted molar refractivity (Wildman–Crippen MR) is 85.3 cm³/mol. The Balaban J connectivity index is 1.98. The Hall–Kier alpha value is -1.79. The van der Waals surface area contributed by atoms with Crippen LogP contribution in [0.2, 0.25) is 5.15 Å². The Bertz CT molecular complexity index is 788. The first-order valence-electron chi connectivity index (χ1n) is 6.86. The van der Waals surface area contributed by atoms with Gasteiger partial charge in [0.15, 0.2) is 0 Å². The Kier molecular flexibility index (Phi) is 4.49. The van der Waals surface area contributed by atoms with E-state index in [1.165, 1.54) is 0 Å². The van der Waals surface area contributed by atoms with Crippen molar-refractivity contribution in [1.82, 2.24) is 14.6 Å². The Labute approximate surface area is 137 Å². The second-order valence-corrected chi connectivity index (χ2v) is 6.25. The summed E-state index contributed by atoms with van der Waals surface area (Å²) in [5.41, 5.74) is 2.79. The average Bonchev–Trinajstić information content (AvgIpc) is 2.84. The lowest BCUT2D eigenvalue weighted by molar-refractivity contribution is -0.710. The smallest absolute Gasteiger partial charge is 0.265 e. The Morgan fingerprint density at radius 1 is 1.32 bits per heavy atom. The van der Waals surface area contributed by atoms with Crippen molar-refractivity contribution < 1.29 is 9.67 Å². The molecule has 0 radical (unpaired) electrons. The quantitative estimate of drug-likeness (QED) is 0.526. The zero-order valence-corrected chi connectivity index (χ0v) is 13.6. The van der Waals surface area contributed by atoms with Gasteiger partial charge in [0, 0.05) is 29.5 Å². The molecule has 0 aromatic carbocycles. The van der Waals surface area contributed by atoms with E-state index in [0.29, 0.717) is 18.1 Å². The first kappa shape index (κ1) is 15.1. The second kappa shape index (κ2) is 6.54. The number of pyridine rings is 2. The van der Waals surface area contributed by atoms with Crippen LogP contribution in [0, 0.1) is 0 Å². The zero-order chi connectivity index (χ0) is 15.5. The van der Waals surface area contributed by atoms with Crippen LogP contribution in [0.15, 0.2) is 36.5 Å². The van der Waals surface area contributed by atoms with Crippen molar-refractivity contribution in [3.05, 3.63) is 52.9 Å². The zero-order valence-electron chi connectivity index (χ0n) is 12.1. The number of hydrogen-bond donors (Lipinski definition) is 0. The van der Waals surface area contributed by atoms with Gasteiger partial charge in [-0.2, -0.15) is 11.8 Å². The van der Waals surface area contributed by atoms with Gasteiger partial charge in [-0.1, -0.05) is 28.2 Å². The van der Waals surface area contributed by atoms with Crippen LogP contribution in [0.5, 0.6) is 6.01 Å². The van der Waals surface area contributed by atoms with Crippen molar-refractivity contribution in [2.75, 3.05) is 12.0 Å². The molecule has 0 amide bonds. The van der Waals surface area contributed by atoms with Crippen LogP contribution in [0.3, 0.4) is 0 Å². The molecule has 22 heavy (non-hydrogen) atoms. The van der Waals surface area contributed by atoms with Crippen molar-refractivity contribution in [3.63, 3.8) is 0 Å². The van der Waals surface area contributed by atoms with Gasteiger partial charge >= 0.3 is 0 Å². The molecule has 114 valence electrons. The summed E-state index contributed by atoms with van der Waals surface area (Å²) in [6.07, 6.45) is 4.41. The highest BCUT2D eigenvalue weighted by atomic mass is 35.5. The van der Waals surface area contributed by atoms with Gasteiger partial charge in [-0.3, -0.25) is 0 Å². The first-order chi connectivity index (χ1) is 10.7. The molecule has 0 aliphatic heterocycles. The number of thioether (sulfide) groups is 1. The molecule has 0 saturated heterocycles. The summed E-state index contributed by atoms with van der Waals surface area (Å²) in [6.45, 7) is 0.662. The molecule has 0 aliphatic carbocycles. The maximum absolute atomic E-state index is 12.1. The van der Waals surface area contributed by atoms with Crippen LogP contribution in [0.4, 0.5) is 0 Å². The minimum Gasteiger partial charge on any atom is -0.818 e. The highest BCUT2D eigenvalue weighted by Crippen LogP contribution is 2.13. The van der Waals surface area contributed by atoms with Gasteiger partial charge in [-0.05, 0) is 24.0 Å². The molecule has 5 nitrogen and oxygen atoms in total. The number of aryl methyl sites for hydroxylation is 1. The SMILES string of the molecule is CSCC[n+]1c([O-])nn2c(Cc3ccc(Cl)nc3)cccc21. The molecule has 0 unspecified atom stereocenters. The van der Waals surface area contributed by atoms with E-state index in [4.69, 9.17) is 11.6 Å². The van der Waals surface area contributed by atoms with E-state index in [1.54, 1.807) is 33.1 Å². The minimum atomic E-state index is -0.212. The molecule has 0 atom stereocenters. The van der Waals surface area contributed by atoms with Crippen LogP contribution in [-0.2, 0) is 13.0 Å².